The summed E-state index contributed by atoms with van der Waals surface area (Å²) in [6, 6.07) is 13.8. The van der Waals surface area contributed by atoms with Gasteiger partial charge in [0.05, 0.1) is 11.9 Å². The van der Waals surface area contributed by atoms with Gasteiger partial charge in [-0.25, -0.2) is 8.42 Å². The molecule has 0 aromatic heterocycles. The summed E-state index contributed by atoms with van der Waals surface area (Å²) in [4.78, 5) is 23.6. The van der Waals surface area contributed by atoms with E-state index in [1.165, 1.54) is 19.1 Å². The fraction of sp³-hybridized carbons (Fsp3) is 0.263. The van der Waals surface area contributed by atoms with Gasteiger partial charge in [0, 0.05) is 12.1 Å². The number of anilines is 1. The summed E-state index contributed by atoms with van der Waals surface area (Å²) in [5.74, 6) is -0.523. The summed E-state index contributed by atoms with van der Waals surface area (Å²) < 4.78 is 25.2. The Kier molecular flexibility index (Phi) is 6.15. The minimum Gasteiger partial charge on any atom is -0.350 e. The molecular weight excluding hydrogens is 352 g/mol. The molecule has 138 valence electrons. The molecule has 1 N–H and O–H groups in total. The summed E-state index contributed by atoms with van der Waals surface area (Å²) in [7, 11) is -3.65. The van der Waals surface area contributed by atoms with Gasteiger partial charge in [0.2, 0.25) is 15.9 Å². The highest BCUT2D eigenvalue weighted by Gasteiger charge is 2.20. The van der Waals surface area contributed by atoms with E-state index in [9.17, 15) is 18.0 Å². The van der Waals surface area contributed by atoms with Crippen LogP contribution in [0.1, 0.15) is 28.4 Å². The van der Waals surface area contributed by atoms with Crippen LogP contribution >= 0.6 is 0 Å². The molecule has 0 aliphatic heterocycles. The third kappa shape index (κ3) is 5.42. The molecule has 0 saturated carbocycles. The molecule has 26 heavy (non-hydrogen) atoms. The number of Topliss-reactive ketones (excluding diaryl/α,β-unsaturated/α-hetero) is 1. The number of nitrogens with zero attached hydrogens (tertiary/aromatic N) is 1. The molecule has 0 bridgehead atoms. The van der Waals surface area contributed by atoms with Crippen molar-refractivity contribution < 1.29 is 18.0 Å². The molecule has 0 fully saturated rings. The third-order valence-electron chi connectivity index (χ3n) is 3.86. The Morgan fingerprint density at radius 3 is 2.08 bits per heavy atom. The Balaban J connectivity index is 2.08. The van der Waals surface area contributed by atoms with E-state index >= 15 is 0 Å². The molecule has 7 heteroatoms. The quantitative estimate of drug-likeness (QED) is 0.754. The normalized spacial score (nSPS) is 11.0. The molecule has 2 aromatic carbocycles. The van der Waals surface area contributed by atoms with E-state index in [-0.39, 0.29) is 12.3 Å². The van der Waals surface area contributed by atoms with Crippen LogP contribution in [-0.2, 0) is 21.4 Å². The van der Waals surface area contributed by atoms with Gasteiger partial charge in [0.25, 0.3) is 0 Å². The Morgan fingerprint density at radius 2 is 1.58 bits per heavy atom. The van der Waals surface area contributed by atoms with E-state index in [1.54, 1.807) is 12.1 Å². The van der Waals surface area contributed by atoms with Crippen LogP contribution in [0.5, 0.6) is 0 Å². The molecule has 0 radical (unpaired) electrons. The number of carbonyl (C=O) groups excluding carboxylic acids is 2. The van der Waals surface area contributed by atoms with Crippen LogP contribution in [0.15, 0.2) is 48.5 Å². The number of nitrogens with one attached hydrogen (secondary N) is 1. The van der Waals surface area contributed by atoms with Gasteiger partial charge in [-0.05, 0) is 43.7 Å². The van der Waals surface area contributed by atoms with Gasteiger partial charge >= 0.3 is 0 Å². The fourth-order valence-electron chi connectivity index (χ4n) is 2.36. The first-order valence-electron chi connectivity index (χ1n) is 8.08. The first-order chi connectivity index (χ1) is 12.2. The molecule has 0 atom stereocenters. The number of aryl methyl sites for hydroxylation is 1. The van der Waals surface area contributed by atoms with Gasteiger partial charge in [-0.3, -0.25) is 13.9 Å². The predicted octanol–water partition coefficient (Wildman–Crippen LogP) is 2.28. The number of sulfonamides is 1. The lowest BCUT2D eigenvalue weighted by molar-refractivity contribution is -0.119. The number of rotatable bonds is 7. The zero-order valence-electron chi connectivity index (χ0n) is 15.0. The minimum absolute atomic E-state index is 0.113. The lowest BCUT2D eigenvalue weighted by Crippen LogP contribution is -2.40. The monoisotopic (exact) mass is 374 g/mol. The fourth-order valence-corrected chi connectivity index (χ4v) is 3.21. The van der Waals surface area contributed by atoms with Crippen molar-refractivity contribution in [3.63, 3.8) is 0 Å². The highest BCUT2D eigenvalue weighted by Crippen LogP contribution is 2.18. The van der Waals surface area contributed by atoms with Crippen molar-refractivity contribution in [2.24, 2.45) is 0 Å². The number of benzene rings is 2. The zero-order chi connectivity index (χ0) is 19.3. The number of ketones is 1. The van der Waals surface area contributed by atoms with Crippen molar-refractivity contribution in [2.45, 2.75) is 20.4 Å². The lowest BCUT2D eigenvalue weighted by Gasteiger charge is -2.22. The maximum Gasteiger partial charge on any atom is 0.241 e. The van der Waals surface area contributed by atoms with E-state index < -0.39 is 15.9 Å². The second-order valence-corrected chi connectivity index (χ2v) is 8.04. The van der Waals surface area contributed by atoms with Gasteiger partial charge in [0.15, 0.2) is 5.78 Å². The third-order valence-corrected chi connectivity index (χ3v) is 5.00. The maximum atomic E-state index is 12.2. The number of hydrogen-bond donors (Lipinski definition) is 1. The lowest BCUT2D eigenvalue weighted by atomic mass is 10.1. The van der Waals surface area contributed by atoms with Crippen LogP contribution in [0, 0.1) is 6.92 Å². The SMILES string of the molecule is CC(=O)c1ccc(N(CC(=O)NCc2ccc(C)cc2)S(C)(=O)=O)cc1. The molecule has 0 heterocycles. The smallest absolute Gasteiger partial charge is 0.241 e. The summed E-state index contributed by atoms with van der Waals surface area (Å²) in [6.45, 7) is 3.40. The standard InChI is InChI=1S/C19H22N2O4S/c1-14-4-6-16(7-5-14)12-20-19(23)13-21(26(3,24)25)18-10-8-17(9-11-18)15(2)22/h4-11H,12-13H2,1-3H3,(H,20,23). The molecule has 1 amide bonds. The van der Waals surface area contributed by atoms with Crippen molar-refractivity contribution in [3.8, 4) is 0 Å². The van der Waals surface area contributed by atoms with Crippen molar-refractivity contribution in [1.82, 2.24) is 5.32 Å². The molecule has 0 saturated heterocycles. The van der Waals surface area contributed by atoms with Gasteiger partial charge < -0.3 is 5.32 Å². The maximum absolute atomic E-state index is 12.2. The average Bonchev–Trinajstić information content (AvgIpc) is 2.58. The minimum atomic E-state index is -3.65. The van der Waals surface area contributed by atoms with Crippen molar-refractivity contribution in [2.75, 3.05) is 17.1 Å². The Morgan fingerprint density at radius 1 is 1.00 bits per heavy atom. The Hall–Kier alpha value is -2.67. The Bertz CT molecular complexity index is 888. The molecule has 2 aromatic rings. The van der Waals surface area contributed by atoms with Crippen molar-refractivity contribution in [1.29, 1.82) is 0 Å². The van der Waals surface area contributed by atoms with Gasteiger partial charge in [0.1, 0.15) is 6.54 Å². The second-order valence-electron chi connectivity index (χ2n) is 6.14. The van der Waals surface area contributed by atoms with Gasteiger partial charge in [-0.1, -0.05) is 29.8 Å². The Labute approximate surface area is 153 Å². The number of hydrogen-bond acceptors (Lipinski definition) is 4. The second kappa shape index (κ2) is 8.14. The molecule has 2 rings (SSSR count). The first kappa shape index (κ1) is 19.7. The van der Waals surface area contributed by atoms with Crippen LogP contribution in [0.2, 0.25) is 0 Å². The molecule has 0 spiro atoms. The van der Waals surface area contributed by atoms with E-state index in [1.807, 2.05) is 31.2 Å². The summed E-state index contributed by atoms with van der Waals surface area (Å²) >= 11 is 0. The predicted molar refractivity (Wildman–Crippen MR) is 102 cm³/mol. The van der Waals surface area contributed by atoms with Crippen LogP contribution < -0.4 is 9.62 Å². The molecule has 0 aliphatic carbocycles. The summed E-state index contributed by atoms with van der Waals surface area (Å²) in [5, 5.41) is 2.72. The van der Waals surface area contributed by atoms with Crippen molar-refractivity contribution in [3.05, 3.63) is 65.2 Å². The molecular formula is C19H22N2O4S. The topological polar surface area (TPSA) is 83.6 Å². The van der Waals surface area contributed by atoms with E-state index in [0.29, 0.717) is 17.8 Å². The molecule has 6 nitrogen and oxygen atoms in total. The first-order valence-corrected chi connectivity index (χ1v) is 9.92. The number of carbonyl (C=O) groups is 2. The summed E-state index contributed by atoms with van der Waals surface area (Å²) in [5.41, 5.74) is 2.87. The van der Waals surface area contributed by atoms with Gasteiger partial charge in [-0.15, -0.1) is 0 Å². The highest BCUT2D eigenvalue weighted by atomic mass is 32.2. The van der Waals surface area contributed by atoms with Crippen molar-refractivity contribution >= 4 is 27.4 Å². The average molecular weight is 374 g/mol. The molecule has 0 unspecified atom stereocenters. The van der Waals surface area contributed by atoms with Crippen LogP contribution in [0.25, 0.3) is 0 Å². The summed E-state index contributed by atoms with van der Waals surface area (Å²) in [6.07, 6.45) is 1.04. The van der Waals surface area contributed by atoms with Gasteiger partial charge in [-0.2, -0.15) is 0 Å². The zero-order valence-corrected chi connectivity index (χ0v) is 15.8. The van der Waals surface area contributed by atoms with Crippen LogP contribution in [0.4, 0.5) is 5.69 Å². The number of amides is 1. The van der Waals surface area contributed by atoms with E-state index in [4.69, 9.17) is 0 Å². The van der Waals surface area contributed by atoms with E-state index in [0.717, 1.165) is 21.7 Å². The van der Waals surface area contributed by atoms with Crippen LogP contribution in [-0.4, -0.2) is 32.9 Å². The largest absolute Gasteiger partial charge is 0.350 e. The highest BCUT2D eigenvalue weighted by molar-refractivity contribution is 7.92. The molecule has 0 aliphatic rings. The van der Waals surface area contributed by atoms with Crippen LogP contribution in [0.3, 0.4) is 0 Å². The van der Waals surface area contributed by atoms with E-state index in [2.05, 4.69) is 5.32 Å².